The zero-order valence-corrected chi connectivity index (χ0v) is 10.1. The molecule has 0 aromatic heterocycles. The summed E-state index contributed by atoms with van der Waals surface area (Å²) in [4.78, 5) is 2.56. The zero-order valence-electron chi connectivity index (χ0n) is 10.1. The predicted octanol–water partition coefficient (Wildman–Crippen LogP) is 2.56. The van der Waals surface area contributed by atoms with Crippen molar-refractivity contribution in [1.29, 1.82) is 0 Å². The number of hydrogen-bond donors (Lipinski definition) is 1. The second-order valence-corrected chi connectivity index (χ2v) is 4.83. The highest BCUT2D eigenvalue weighted by Crippen LogP contribution is 2.19. The van der Waals surface area contributed by atoms with E-state index in [1.54, 1.807) is 0 Å². The number of nitrogens with two attached hydrogens (primary N) is 1. The first-order valence-corrected chi connectivity index (χ1v) is 6.32. The van der Waals surface area contributed by atoms with Crippen LogP contribution in [-0.4, -0.2) is 24.0 Å². The van der Waals surface area contributed by atoms with Crippen molar-refractivity contribution in [2.45, 2.75) is 38.3 Å². The number of rotatable bonds is 4. The summed E-state index contributed by atoms with van der Waals surface area (Å²) in [5.74, 6) is 0. The fraction of sp³-hybridized carbons (Fsp3) is 0.571. The van der Waals surface area contributed by atoms with Gasteiger partial charge in [-0.05, 0) is 38.3 Å². The van der Waals surface area contributed by atoms with Crippen molar-refractivity contribution in [2.75, 3.05) is 13.1 Å². The van der Waals surface area contributed by atoms with Crippen molar-refractivity contribution in [3.8, 4) is 0 Å². The highest BCUT2D eigenvalue weighted by Gasteiger charge is 2.20. The lowest BCUT2D eigenvalue weighted by Crippen LogP contribution is -2.30. The van der Waals surface area contributed by atoms with Gasteiger partial charge in [0.05, 0.1) is 0 Å². The minimum atomic E-state index is 0.189. The lowest BCUT2D eigenvalue weighted by atomic mass is 10.0. The summed E-state index contributed by atoms with van der Waals surface area (Å²) >= 11 is 0. The van der Waals surface area contributed by atoms with E-state index in [1.807, 2.05) is 6.07 Å². The van der Waals surface area contributed by atoms with Crippen LogP contribution in [0.25, 0.3) is 0 Å². The van der Waals surface area contributed by atoms with E-state index < -0.39 is 0 Å². The van der Waals surface area contributed by atoms with E-state index in [0.29, 0.717) is 0 Å². The van der Waals surface area contributed by atoms with Gasteiger partial charge in [0.2, 0.25) is 0 Å². The minimum Gasteiger partial charge on any atom is -0.324 e. The molecule has 0 bridgehead atoms. The third-order valence-electron chi connectivity index (χ3n) is 3.65. The molecule has 88 valence electrons. The molecule has 0 spiro atoms. The average molecular weight is 218 g/mol. The fourth-order valence-corrected chi connectivity index (χ4v) is 2.50. The quantitative estimate of drug-likeness (QED) is 0.841. The maximum absolute atomic E-state index is 6.19. The van der Waals surface area contributed by atoms with Crippen molar-refractivity contribution in [1.82, 2.24) is 4.90 Å². The summed E-state index contributed by atoms with van der Waals surface area (Å²) in [6.07, 6.45) is 3.76. The van der Waals surface area contributed by atoms with Gasteiger partial charge in [-0.2, -0.15) is 0 Å². The first kappa shape index (κ1) is 11.6. The second kappa shape index (κ2) is 5.46. The summed E-state index contributed by atoms with van der Waals surface area (Å²) in [6.45, 7) is 4.71. The van der Waals surface area contributed by atoms with Crippen LogP contribution < -0.4 is 5.73 Å². The van der Waals surface area contributed by atoms with Crippen LogP contribution in [0.1, 0.15) is 37.8 Å². The van der Waals surface area contributed by atoms with Crippen molar-refractivity contribution < 1.29 is 0 Å². The van der Waals surface area contributed by atoms with Crippen LogP contribution in [0.2, 0.25) is 0 Å². The molecule has 2 N–H and O–H groups in total. The molecule has 1 aliphatic heterocycles. The molecule has 1 aromatic carbocycles. The lowest BCUT2D eigenvalue weighted by Gasteiger charge is -2.22. The van der Waals surface area contributed by atoms with Crippen LogP contribution in [0.5, 0.6) is 0 Å². The van der Waals surface area contributed by atoms with Crippen LogP contribution in [0.4, 0.5) is 0 Å². The number of hydrogen-bond acceptors (Lipinski definition) is 2. The Bertz CT molecular complexity index is 310. The molecule has 1 saturated heterocycles. The molecule has 1 fully saturated rings. The predicted molar refractivity (Wildman–Crippen MR) is 68.3 cm³/mol. The van der Waals surface area contributed by atoms with E-state index in [2.05, 4.69) is 36.1 Å². The van der Waals surface area contributed by atoms with E-state index in [0.717, 1.165) is 19.0 Å². The van der Waals surface area contributed by atoms with E-state index in [4.69, 9.17) is 5.73 Å². The third-order valence-corrected chi connectivity index (χ3v) is 3.65. The van der Waals surface area contributed by atoms with Gasteiger partial charge in [0.15, 0.2) is 0 Å². The van der Waals surface area contributed by atoms with E-state index >= 15 is 0 Å². The molecule has 2 heteroatoms. The summed E-state index contributed by atoms with van der Waals surface area (Å²) < 4.78 is 0. The van der Waals surface area contributed by atoms with Crippen molar-refractivity contribution in [2.24, 2.45) is 5.73 Å². The zero-order chi connectivity index (χ0) is 11.4. The molecule has 1 aromatic rings. The maximum Gasteiger partial charge on any atom is 0.0307 e. The van der Waals surface area contributed by atoms with Crippen LogP contribution in [0, 0.1) is 0 Å². The summed E-state index contributed by atoms with van der Waals surface area (Å²) in [5.41, 5.74) is 7.45. The van der Waals surface area contributed by atoms with Crippen LogP contribution in [0.3, 0.4) is 0 Å². The Morgan fingerprint density at radius 2 is 2.12 bits per heavy atom. The highest BCUT2D eigenvalue weighted by molar-refractivity contribution is 5.18. The van der Waals surface area contributed by atoms with Crippen molar-refractivity contribution >= 4 is 0 Å². The van der Waals surface area contributed by atoms with Gasteiger partial charge in [0.25, 0.3) is 0 Å². The second-order valence-electron chi connectivity index (χ2n) is 4.83. The molecule has 2 rings (SSSR count). The van der Waals surface area contributed by atoms with Gasteiger partial charge in [-0.15, -0.1) is 0 Å². The van der Waals surface area contributed by atoms with Crippen LogP contribution in [0.15, 0.2) is 30.3 Å². The number of nitrogens with zero attached hydrogens (tertiary/aromatic N) is 1. The number of benzene rings is 1. The van der Waals surface area contributed by atoms with Gasteiger partial charge in [-0.25, -0.2) is 0 Å². The summed E-state index contributed by atoms with van der Waals surface area (Å²) in [6, 6.07) is 11.4. The molecular formula is C14H22N2. The van der Waals surface area contributed by atoms with Gasteiger partial charge >= 0.3 is 0 Å². The first-order valence-electron chi connectivity index (χ1n) is 6.32. The smallest absolute Gasteiger partial charge is 0.0307 e. The Labute approximate surface area is 98.4 Å². The molecule has 2 unspecified atom stereocenters. The van der Waals surface area contributed by atoms with E-state index in [9.17, 15) is 0 Å². The molecule has 16 heavy (non-hydrogen) atoms. The Morgan fingerprint density at radius 3 is 2.75 bits per heavy atom. The molecular weight excluding hydrogens is 196 g/mol. The average Bonchev–Trinajstić information content (AvgIpc) is 2.73. The van der Waals surface area contributed by atoms with Crippen molar-refractivity contribution in [3.63, 3.8) is 0 Å². The largest absolute Gasteiger partial charge is 0.324 e. The van der Waals surface area contributed by atoms with Gasteiger partial charge < -0.3 is 10.6 Å². The molecule has 1 heterocycles. The summed E-state index contributed by atoms with van der Waals surface area (Å²) in [7, 11) is 0. The standard InChI is InChI=1S/C14H22N2/c1-12-6-5-10-16(12)11-9-14(15)13-7-3-2-4-8-13/h2-4,7-8,12,14H,5-6,9-11,15H2,1H3. The molecule has 0 radical (unpaired) electrons. The monoisotopic (exact) mass is 218 g/mol. The van der Waals surface area contributed by atoms with Gasteiger partial charge in [-0.3, -0.25) is 0 Å². The fourth-order valence-electron chi connectivity index (χ4n) is 2.50. The maximum atomic E-state index is 6.19. The molecule has 2 nitrogen and oxygen atoms in total. The lowest BCUT2D eigenvalue weighted by molar-refractivity contribution is 0.258. The van der Waals surface area contributed by atoms with Gasteiger partial charge in [-0.1, -0.05) is 30.3 Å². The molecule has 0 saturated carbocycles. The van der Waals surface area contributed by atoms with Gasteiger partial charge in [0.1, 0.15) is 0 Å². The minimum absolute atomic E-state index is 0.189. The molecule has 2 atom stereocenters. The van der Waals surface area contributed by atoms with Crippen LogP contribution in [-0.2, 0) is 0 Å². The Kier molecular flexibility index (Phi) is 3.97. The number of likely N-dealkylation sites (tertiary alicyclic amines) is 1. The molecule has 0 amide bonds. The third kappa shape index (κ3) is 2.83. The topological polar surface area (TPSA) is 29.3 Å². The normalized spacial score (nSPS) is 23.5. The first-order chi connectivity index (χ1) is 7.77. The van der Waals surface area contributed by atoms with E-state index in [1.165, 1.54) is 24.9 Å². The van der Waals surface area contributed by atoms with Gasteiger partial charge in [0, 0.05) is 18.6 Å². The SMILES string of the molecule is CC1CCCN1CCC(N)c1ccccc1. The summed E-state index contributed by atoms with van der Waals surface area (Å²) in [5, 5.41) is 0. The van der Waals surface area contributed by atoms with Crippen molar-refractivity contribution in [3.05, 3.63) is 35.9 Å². The molecule has 1 aliphatic rings. The Hall–Kier alpha value is -0.860. The van der Waals surface area contributed by atoms with E-state index in [-0.39, 0.29) is 6.04 Å². The Morgan fingerprint density at radius 1 is 1.38 bits per heavy atom. The van der Waals surface area contributed by atoms with Crippen LogP contribution >= 0.6 is 0 Å². The highest BCUT2D eigenvalue weighted by atomic mass is 15.2. The Balaban J connectivity index is 1.82. The molecule has 0 aliphatic carbocycles.